The van der Waals surface area contributed by atoms with Gasteiger partial charge in [-0.15, -0.1) is 0 Å². The van der Waals surface area contributed by atoms with E-state index >= 15 is 0 Å². The van der Waals surface area contributed by atoms with Crippen molar-refractivity contribution in [2.24, 2.45) is 10.8 Å². The van der Waals surface area contributed by atoms with Crippen LogP contribution in [0.4, 0.5) is 0 Å². The standard InChI is InChI=1S/C8H8BrN3OS/c9-7-3-6(13)2-1-5(7)4-11-12-8(10)14/h1-4,13H,(H3,10,12,14)/b11-4+. The van der Waals surface area contributed by atoms with Crippen molar-refractivity contribution in [2.45, 2.75) is 0 Å². The Bertz CT molecular complexity index is 381. The normalized spacial score (nSPS) is 10.4. The first-order valence-corrected chi connectivity index (χ1v) is 4.87. The van der Waals surface area contributed by atoms with Crippen LogP contribution in [0.3, 0.4) is 0 Å². The Labute approximate surface area is 94.9 Å². The summed E-state index contributed by atoms with van der Waals surface area (Å²) >= 11 is 7.84. The van der Waals surface area contributed by atoms with E-state index in [1.165, 1.54) is 0 Å². The molecule has 0 aliphatic heterocycles. The van der Waals surface area contributed by atoms with Gasteiger partial charge in [-0.25, -0.2) is 0 Å². The number of nitrogens with two attached hydrogens (primary N) is 1. The van der Waals surface area contributed by atoms with Crippen molar-refractivity contribution in [1.29, 1.82) is 0 Å². The summed E-state index contributed by atoms with van der Waals surface area (Å²) in [7, 11) is 0. The van der Waals surface area contributed by atoms with Crippen LogP contribution in [0.15, 0.2) is 27.8 Å². The fourth-order valence-electron chi connectivity index (χ4n) is 0.786. The second kappa shape index (κ2) is 4.92. The van der Waals surface area contributed by atoms with Crippen molar-refractivity contribution in [1.82, 2.24) is 5.43 Å². The molecule has 0 unspecified atom stereocenters. The molecule has 0 aliphatic rings. The van der Waals surface area contributed by atoms with Gasteiger partial charge >= 0.3 is 0 Å². The minimum absolute atomic E-state index is 0.108. The number of nitrogens with zero attached hydrogens (tertiary/aromatic N) is 1. The Morgan fingerprint density at radius 2 is 2.36 bits per heavy atom. The van der Waals surface area contributed by atoms with Crippen LogP contribution < -0.4 is 11.2 Å². The molecule has 1 aromatic rings. The van der Waals surface area contributed by atoms with Crippen LogP contribution >= 0.6 is 28.1 Å². The van der Waals surface area contributed by atoms with E-state index in [1.807, 2.05) is 0 Å². The average Bonchev–Trinajstić information content (AvgIpc) is 2.08. The summed E-state index contributed by atoms with van der Waals surface area (Å²) in [6, 6.07) is 4.85. The van der Waals surface area contributed by atoms with Crippen LogP contribution in [0.2, 0.25) is 0 Å². The van der Waals surface area contributed by atoms with E-state index in [2.05, 4.69) is 38.7 Å². The highest BCUT2D eigenvalue weighted by Crippen LogP contribution is 2.20. The molecule has 0 fully saturated rings. The summed E-state index contributed by atoms with van der Waals surface area (Å²) in [4.78, 5) is 0. The lowest BCUT2D eigenvalue weighted by Crippen LogP contribution is -2.24. The summed E-state index contributed by atoms with van der Waals surface area (Å²) in [6.07, 6.45) is 1.54. The zero-order chi connectivity index (χ0) is 10.6. The van der Waals surface area contributed by atoms with Crippen molar-refractivity contribution >= 4 is 39.5 Å². The Morgan fingerprint density at radius 1 is 1.64 bits per heavy atom. The van der Waals surface area contributed by atoms with Crippen LogP contribution in [0, 0.1) is 0 Å². The molecule has 0 saturated carbocycles. The van der Waals surface area contributed by atoms with E-state index in [4.69, 9.17) is 10.8 Å². The number of benzene rings is 1. The van der Waals surface area contributed by atoms with Gasteiger partial charge in [0.15, 0.2) is 5.11 Å². The maximum absolute atomic E-state index is 9.12. The first-order chi connectivity index (χ1) is 6.59. The third-order valence-electron chi connectivity index (χ3n) is 1.36. The van der Waals surface area contributed by atoms with E-state index in [-0.39, 0.29) is 10.9 Å². The van der Waals surface area contributed by atoms with E-state index < -0.39 is 0 Å². The maximum Gasteiger partial charge on any atom is 0.184 e. The molecular weight excluding hydrogens is 266 g/mol. The molecule has 0 aromatic heterocycles. The summed E-state index contributed by atoms with van der Waals surface area (Å²) < 4.78 is 0.742. The first kappa shape index (κ1) is 10.9. The molecule has 0 atom stereocenters. The molecule has 4 N–H and O–H groups in total. The Hall–Kier alpha value is -1.14. The zero-order valence-electron chi connectivity index (χ0n) is 7.07. The highest BCUT2D eigenvalue weighted by atomic mass is 79.9. The van der Waals surface area contributed by atoms with Gasteiger partial charge in [0.2, 0.25) is 0 Å². The maximum atomic E-state index is 9.12. The molecule has 0 spiro atoms. The molecule has 0 bridgehead atoms. The molecule has 1 aromatic carbocycles. The van der Waals surface area contributed by atoms with Crippen molar-refractivity contribution < 1.29 is 5.11 Å². The number of hydrogen-bond acceptors (Lipinski definition) is 3. The number of halogens is 1. The predicted octanol–water partition coefficient (Wildman–Crippen LogP) is 1.32. The van der Waals surface area contributed by atoms with Gasteiger partial charge < -0.3 is 10.8 Å². The number of hydrazone groups is 1. The Balaban J connectivity index is 2.76. The number of aromatic hydroxyl groups is 1. The molecule has 0 aliphatic carbocycles. The van der Waals surface area contributed by atoms with Crippen molar-refractivity contribution in [3.05, 3.63) is 28.2 Å². The first-order valence-electron chi connectivity index (χ1n) is 3.66. The molecule has 1 rings (SSSR count). The van der Waals surface area contributed by atoms with Gasteiger partial charge in [-0.3, -0.25) is 5.43 Å². The minimum atomic E-state index is 0.108. The second-order valence-electron chi connectivity index (χ2n) is 2.44. The van der Waals surface area contributed by atoms with Crippen LogP contribution in [0.25, 0.3) is 0 Å². The van der Waals surface area contributed by atoms with Gasteiger partial charge in [-0.05, 0) is 46.3 Å². The largest absolute Gasteiger partial charge is 0.508 e. The van der Waals surface area contributed by atoms with Crippen molar-refractivity contribution in [3.8, 4) is 5.75 Å². The van der Waals surface area contributed by atoms with E-state index in [1.54, 1.807) is 24.4 Å². The summed E-state index contributed by atoms with van der Waals surface area (Å²) in [6.45, 7) is 0. The van der Waals surface area contributed by atoms with Crippen molar-refractivity contribution in [2.75, 3.05) is 0 Å². The Morgan fingerprint density at radius 3 is 2.93 bits per heavy atom. The van der Waals surface area contributed by atoms with Crippen LogP contribution in [0.1, 0.15) is 5.56 Å². The second-order valence-corrected chi connectivity index (χ2v) is 3.73. The lowest BCUT2D eigenvalue weighted by Gasteiger charge is -1.99. The SMILES string of the molecule is NC(=S)N/N=C/c1ccc(O)cc1Br. The molecule has 0 heterocycles. The monoisotopic (exact) mass is 273 g/mol. The molecule has 0 saturated heterocycles. The van der Waals surface area contributed by atoms with Crippen LogP contribution in [-0.4, -0.2) is 16.4 Å². The lowest BCUT2D eigenvalue weighted by atomic mass is 10.2. The molecule has 74 valence electrons. The van der Waals surface area contributed by atoms with Gasteiger partial charge in [-0.1, -0.05) is 0 Å². The van der Waals surface area contributed by atoms with Crippen molar-refractivity contribution in [3.63, 3.8) is 0 Å². The van der Waals surface area contributed by atoms with E-state index in [9.17, 15) is 0 Å². The van der Waals surface area contributed by atoms with Crippen LogP contribution in [0.5, 0.6) is 5.75 Å². The number of phenolic OH excluding ortho intramolecular Hbond substituents is 1. The minimum Gasteiger partial charge on any atom is -0.508 e. The van der Waals surface area contributed by atoms with Gasteiger partial charge in [0.05, 0.1) is 6.21 Å². The lowest BCUT2D eigenvalue weighted by molar-refractivity contribution is 0.475. The highest BCUT2D eigenvalue weighted by molar-refractivity contribution is 9.10. The molecule has 0 amide bonds. The molecular formula is C8H8BrN3OS. The number of rotatable bonds is 2. The van der Waals surface area contributed by atoms with Gasteiger partial charge in [0, 0.05) is 10.0 Å². The number of phenols is 1. The molecule has 6 heteroatoms. The van der Waals surface area contributed by atoms with Crippen LogP contribution in [-0.2, 0) is 0 Å². The average molecular weight is 274 g/mol. The molecule has 4 nitrogen and oxygen atoms in total. The number of nitrogens with one attached hydrogen (secondary N) is 1. The third kappa shape index (κ3) is 3.31. The topological polar surface area (TPSA) is 70.6 Å². The van der Waals surface area contributed by atoms with E-state index in [0.717, 1.165) is 10.0 Å². The smallest absolute Gasteiger partial charge is 0.184 e. The van der Waals surface area contributed by atoms with Gasteiger partial charge in [0.25, 0.3) is 0 Å². The zero-order valence-corrected chi connectivity index (χ0v) is 9.47. The number of thiocarbonyl (C=S) groups is 1. The Kier molecular flexibility index (Phi) is 3.84. The number of hydrogen-bond donors (Lipinski definition) is 3. The molecule has 14 heavy (non-hydrogen) atoms. The summed E-state index contributed by atoms with van der Waals surface area (Å²) in [5.74, 6) is 0.191. The predicted molar refractivity (Wildman–Crippen MR) is 63.3 cm³/mol. The third-order valence-corrected chi connectivity index (χ3v) is 2.14. The van der Waals surface area contributed by atoms with Gasteiger partial charge in [-0.2, -0.15) is 5.10 Å². The molecule has 0 radical (unpaired) electrons. The quantitative estimate of drug-likeness (QED) is 0.432. The highest BCUT2D eigenvalue weighted by Gasteiger charge is 1.97. The fourth-order valence-corrected chi connectivity index (χ4v) is 1.31. The van der Waals surface area contributed by atoms with E-state index in [0.29, 0.717) is 0 Å². The summed E-state index contributed by atoms with van der Waals surface area (Å²) in [5.41, 5.74) is 8.42. The fraction of sp³-hybridized carbons (Fsp3) is 0. The summed E-state index contributed by atoms with van der Waals surface area (Å²) in [5, 5.41) is 13.0. The van der Waals surface area contributed by atoms with Gasteiger partial charge in [0.1, 0.15) is 5.75 Å².